The Kier molecular flexibility index (Phi) is 5.74. The summed E-state index contributed by atoms with van der Waals surface area (Å²) in [7, 11) is 0. The van der Waals surface area contributed by atoms with Crippen LogP contribution in [-0.2, 0) is 0 Å². The minimum absolute atomic E-state index is 0.0100. The van der Waals surface area contributed by atoms with Crippen LogP contribution >= 0.6 is 0 Å². The van der Waals surface area contributed by atoms with Gasteiger partial charge < -0.3 is 19.5 Å². The van der Waals surface area contributed by atoms with Crippen molar-refractivity contribution < 1.29 is 13.9 Å². The molecule has 0 unspecified atom stereocenters. The zero-order valence-electron chi connectivity index (χ0n) is 16.0. The lowest BCUT2D eigenvalue weighted by atomic mass is 9.90. The van der Waals surface area contributed by atoms with Crippen molar-refractivity contribution in [1.82, 2.24) is 9.97 Å². The predicted molar refractivity (Wildman–Crippen MR) is 109 cm³/mol. The van der Waals surface area contributed by atoms with Gasteiger partial charge >= 0.3 is 0 Å². The molecule has 29 heavy (non-hydrogen) atoms. The van der Waals surface area contributed by atoms with Crippen molar-refractivity contribution in [2.45, 2.75) is 32.1 Å². The van der Waals surface area contributed by atoms with Crippen LogP contribution in [0.25, 0.3) is 11.5 Å². The van der Waals surface area contributed by atoms with Gasteiger partial charge in [0.1, 0.15) is 11.3 Å². The van der Waals surface area contributed by atoms with E-state index in [1.54, 1.807) is 36.5 Å². The Balaban J connectivity index is 1.46. The van der Waals surface area contributed by atoms with Crippen molar-refractivity contribution in [2.75, 3.05) is 11.9 Å². The summed E-state index contributed by atoms with van der Waals surface area (Å²) in [6, 6.07) is 10.1. The minimum atomic E-state index is -0.543. The van der Waals surface area contributed by atoms with E-state index in [1.807, 2.05) is 0 Å². The van der Waals surface area contributed by atoms with E-state index < -0.39 is 11.5 Å². The number of H-pyrrole nitrogens is 1. The second-order valence-electron chi connectivity index (χ2n) is 7.21. The number of nitrogens with zero attached hydrogens (tertiary/aromatic N) is 1. The Labute approximate surface area is 168 Å². The first-order chi connectivity index (χ1) is 14.2. The number of furan rings is 1. The fourth-order valence-corrected chi connectivity index (χ4v) is 3.57. The van der Waals surface area contributed by atoms with Crippen LogP contribution in [0.2, 0.25) is 0 Å². The molecule has 3 aromatic rings. The standard InChI is InChI=1S/C22H23N3O4/c26-21-16(10-11-17(24-21)18-9-5-13-28-18)22(27)25-20-19(8-4-12-23-20)29-14-15-6-2-1-3-7-15/h4-5,8-13,15H,1-3,6-7,14H2,(H,24,26)(H,23,25,27). The zero-order valence-corrected chi connectivity index (χ0v) is 16.0. The number of carbonyl (C=O) groups is 1. The van der Waals surface area contributed by atoms with Crippen LogP contribution in [0.15, 0.2) is 58.1 Å². The normalized spacial score (nSPS) is 14.5. The van der Waals surface area contributed by atoms with Gasteiger partial charge in [0.2, 0.25) is 0 Å². The number of ether oxygens (including phenoxy) is 1. The molecule has 1 amide bonds. The monoisotopic (exact) mass is 393 g/mol. The Morgan fingerprint density at radius 3 is 2.79 bits per heavy atom. The maximum atomic E-state index is 12.6. The maximum absolute atomic E-state index is 12.6. The molecule has 4 rings (SSSR count). The van der Waals surface area contributed by atoms with Gasteiger partial charge in [-0.15, -0.1) is 0 Å². The third kappa shape index (κ3) is 4.56. The minimum Gasteiger partial charge on any atom is -0.489 e. The van der Waals surface area contributed by atoms with E-state index in [0.717, 1.165) is 0 Å². The highest BCUT2D eigenvalue weighted by atomic mass is 16.5. The Bertz CT molecular complexity index is 1020. The van der Waals surface area contributed by atoms with Gasteiger partial charge in [0.25, 0.3) is 11.5 Å². The molecule has 0 bridgehead atoms. The Hall–Kier alpha value is -3.35. The van der Waals surface area contributed by atoms with Gasteiger partial charge in [-0.05, 0) is 55.2 Å². The molecule has 7 nitrogen and oxygen atoms in total. The fraction of sp³-hybridized carbons (Fsp3) is 0.318. The molecule has 0 saturated heterocycles. The number of aromatic nitrogens is 2. The zero-order chi connectivity index (χ0) is 20.1. The molecule has 150 valence electrons. The van der Waals surface area contributed by atoms with Crippen molar-refractivity contribution in [3.8, 4) is 17.2 Å². The summed E-state index contributed by atoms with van der Waals surface area (Å²) < 4.78 is 11.2. The van der Waals surface area contributed by atoms with Crippen molar-refractivity contribution in [1.29, 1.82) is 0 Å². The first kappa shape index (κ1) is 19.0. The predicted octanol–water partition coefficient (Wildman–Crippen LogP) is 4.24. The van der Waals surface area contributed by atoms with Gasteiger partial charge in [-0.2, -0.15) is 0 Å². The van der Waals surface area contributed by atoms with E-state index in [2.05, 4.69) is 15.3 Å². The van der Waals surface area contributed by atoms with Crippen molar-refractivity contribution in [3.05, 3.63) is 64.8 Å². The number of rotatable bonds is 6. The highest BCUT2D eigenvalue weighted by Gasteiger charge is 2.18. The van der Waals surface area contributed by atoms with Crippen LogP contribution in [0, 0.1) is 5.92 Å². The van der Waals surface area contributed by atoms with E-state index in [4.69, 9.17) is 9.15 Å². The molecule has 1 aliphatic carbocycles. The van der Waals surface area contributed by atoms with Crippen LogP contribution in [-0.4, -0.2) is 22.5 Å². The highest BCUT2D eigenvalue weighted by Crippen LogP contribution is 2.27. The summed E-state index contributed by atoms with van der Waals surface area (Å²) >= 11 is 0. The number of hydrogen-bond acceptors (Lipinski definition) is 5. The molecule has 1 fully saturated rings. The first-order valence-corrected chi connectivity index (χ1v) is 9.87. The maximum Gasteiger partial charge on any atom is 0.262 e. The molecular formula is C22H23N3O4. The second kappa shape index (κ2) is 8.77. The summed E-state index contributed by atoms with van der Waals surface area (Å²) in [6.07, 6.45) is 9.19. The van der Waals surface area contributed by atoms with Crippen LogP contribution in [0.5, 0.6) is 5.75 Å². The third-order valence-corrected chi connectivity index (χ3v) is 5.14. The van der Waals surface area contributed by atoms with Crippen LogP contribution in [0.3, 0.4) is 0 Å². The number of aromatic amines is 1. The average molecular weight is 393 g/mol. The van der Waals surface area contributed by atoms with E-state index in [1.165, 1.54) is 44.4 Å². The second-order valence-corrected chi connectivity index (χ2v) is 7.21. The Morgan fingerprint density at radius 2 is 2.03 bits per heavy atom. The average Bonchev–Trinajstić information content (AvgIpc) is 3.29. The topological polar surface area (TPSA) is 97.2 Å². The van der Waals surface area contributed by atoms with Gasteiger partial charge in [0, 0.05) is 6.20 Å². The molecule has 0 aromatic carbocycles. The fourth-order valence-electron chi connectivity index (χ4n) is 3.57. The lowest BCUT2D eigenvalue weighted by Crippen LogP contribution is -2.24. The summed E-state index contributed by atoms with van der Waals surface area (Å²) in [5.74, 6) is 1.33. The summed E-state index contributed by atoms with van der Waals surface area (Å²) in [5.41, 5.74) is -0.00733. The molecule has 0 atom stereocenters. The van der Waals surface area contributed by atoms with Crippen LogP contribution < -0.4 is 15.6 Å². The number of anilines is 1. The molecule has 1 aliphatic rings. The molecule has 0 radical (unpaired) electrons. The third-order valence-electron chi connectivity index (χ3n) is 5.14. The van der Waals surface area contributed by atoms with Crippen molar-refractivity contribution >= 4 is 11.7 Å². The molecule has 0 spiro atoms. The summed E-state index contributed by atoms with van der Waals surface area (Å²) in [5, 5.41) is 2.69. The van der Waals surface area contributed by atoms with Crippen molar-refractivity contribution in [3.63, 3.8) is 0 Å². The highest BCUT2D eigenvalue weighted by molar-refractivity contribution is 6.04. The number of carbonyl (C=O) groups excluding carboxylic acids is 1. The molecular weight excluding hydrogens is 370 g/mol. The first-order valence-electron chi connectivity index (χ1n) is 9.87. The molecule has 1 saturated carbocycles. The quantitative estimate of drug-likeness (QED) is 0.653. The van der Waals surface area contributed by atoms with E-state index >= 15 is 0 Å². The van der Waals surface area contributed by atoms with E-state index in [-0.39, 0.29) is 5.56 Å². The largest absolute Gasteiger partial charge is 0.489 e. The van der Waals surface area contributed by atoms with Crippen LogP contribution in [0.4, 0.5) is 5.82 Å². The lowest BCUT2D eigenvalue weighted by Gasteiger charge is -2.22. The van der Waals surface area contributed by atoms with E-state index in [9.17, 15) is 9.59 Å². The number of nitrogens with one attached hydrogen (secondary N) is 2. The number of pyridine rings is 2. The van der Waals surface area contributed by atoms with Gasteiger partial charge in [-0.3, -0.25) is 9.59 Å². The van der Waals surface area contributed by atoms with Crippen LogP contribution in [0.1, 0.15) is 42.5 Å². The van der Waals surface area contributed by atoms with Gasteiger partial charge in [0.05, 0.1) is 18.6 Å². The van der Waals surface area contributed by atoms with Gasteiger partial charge in [0.15, 0.2) is 11.6 Å². The molecule has 3 aromatic heterocycles. The van der Waals surface area contributed by atoms with Gasteiger partial charge in [-0.1, -0.05) is 19.3 Å². The van der Waals surface area contributed by atoms with Crippen molar-refractivity contribution in [2.24, 2.45) is 5.92 Å². The number of amides is 1. The molecule has 2 N–H and O–H groups in total. The molecule has 3 heterocycles. The van der Waals surface area contributed by atoms with Gasteiger partial charge in [-0.25, -0.2) is 4.98 Å². The summed E-state index contributed by atoms with van der Waals surface area (Å²) in [4.78, 5) is 31.9. The summed E-state index contributed by atoms with van der Waals surface area (Å²) in [6.45, 7) is 0.604. The SMILES string of the molecule is O=C(Nc1ncccc1OCC1CCCCC1)c1ccc(-c2ccco2)[nH]c1=O. The molecule has 0 aliphatic heterocycles. The number of hydrogen-bond donors (Lipinski definition) is 2. The lowest BCUT2D eigenvalue weighted by molar-refractivity contribution is 0.102. The Morgan fingerprint density at radius 1 is 1.17 bits per heavy atom. The molecule has 7 heteroatoms. The van der Waals surface area contributed by atoms with E-state index in [0.29, 0.717) is 35.5 Å². The smallest absolute Gasteiger partial charge is 0.262 e.